The highest BCUT2D eigenvalue weighted by Crippen LogP contribution is 2.22. The first-order valence-electron chi connectivity index (χ1n) is 21.0. The van der Waals surface area contributed by atoms with Crippen molar-refractivity contribution in [3.05, 3.63) is 59.7 Å². The number of hydrogen-bond acceptors (Lipinski definition) is 10. The largest absolute Gasteiger partial charge is 0.475 e. The fourth-order valence-electron chi connectivity index (χ4n) is 6.80. The highest BCUT2D eigenvalue weighted by atomic mass is 16.4. The second kappa shape index (κ2) is 25.6. The van der Waals surface area contributed by atoms with Crippen LogP contribution in [0.3, 0.4) is 0 Å². The van der Waals surface area contributed by atoms with E-state index in [2.05, 4.69) is 57.8 Å². The van der Waals surface area contributed by atoms with Crippen LogP contribution in [-0.2, 0) is 30.4 Å². The molecular weight excluding hydrogens is 755 g/mol. The van der Waals surface area contributed by atoms with Gasteiger partial charge < -0.3 is 53.0 Å². The van der Waals surface area contributed by atoms with Gasteiger partial charge in [0.05, 0.1) is 5.94 Å². The van der Waals surface area contributed by atoms with Gasteiger partial charge in [-0.15, -0.1) is 0 Å². The minimum Gasteiger partial charge on any atom is -0.426 e. The minimum atomic E-state index is -1.80. The molecule has 1 fully saturated rings. The maximum Gasteiger partial charge on any atom is 0.475 e. The summed E-state index contributed by atoms with van der Waals surface area (Å²) in [6, 6.07) is 11.8. The number of likely N-dealkylation sites (tertiary alicyclic amines) is 1. The monoisotopic (exact) mass is 821 g/mol. The molecule has 0 spiro atoms. The van der Waals surface area contributed by atoms with Crippen molar-refractivity contribution in [2.75, 3.05) is 26.2 Å². The Morgan fingerprint density at radius 3 is 1.98 bits per heavy atom. The van der Waals surface area contributed by atoms with Crippen molar-refractivity contribution >= 4 is 42.6 Å². The van der Waals surface area contributed by atoms with Gasteiger partial charge in [0.25, 0.3) is 5.91 Å². The van der Waals surface area contributed by atoms with E-state index in [-0.39, 0.29) is 31.8 Å². The average Bonchev–Trinajstić information content (AvgIpc) is 3.72. The molecule has 324 valence electrons. The first kappa shape index (κ1) is 48.5. The summed E-state index contributed by atoms with van der Waals surface area (Å²) in [7, 11) is -1.80. The van der Waals surface area contributed by atoms with Crippen LogP contribution in [-0.4, -0.2) is 114 Å². The van der Waals surface area contributed by atoms with Crippen molar-refractivity contribution < 1.29 is 38.8 Å². The van der Waals surface area contributed by atoms with Crippen LogP contribution in [0.15, 0.2) is 48.5 Å². The Kier molecular flexibility index (Phi) is 21.1. The number of amides is 6. The zero-order chi connectivity index (χ0) is 43.3. The lowest BCUT2D eigenvalue weighted by atomic mass is 9.81. The smallest absolute Gasteiger partial charge is 0.426 e. The van der Waals surface area contributed by atoms with E-state index in [1.807, 2.05) is 12.1 Å². The van der Waals surface area contributed by atoms with Crippen LogP contribution < -0.4 is 38.1 Å². The lowest BCUT2D eigenvalue weighted by molar-refractivity contribution is -0.142. The number of carbonyl (C=O) groups is 6. The Bertz CT molecular complexity index is 1660. The first-order chi connectivity index (χ1) is 28.3. The lowest BCUT2D eigenvalue weighted by Crippen LogP contribution is -2.58. The van der Waals surface area contributed by atoms with E-state index in [0.717, 1.165) is 30.4 Å². The fourth-order valence-corrected chi connectivity index (χ4v) is 6.80. The summed E-state index contributed by atoms with van der Waals surface area (Å²) in [4.78, 5) is 80.9. The van der Waals surface area contributed by atoms with Gasteiger partial charge in [0.1, 0.15) is 24.2 Å². The molecule has 1 saturated heterocycles. The fraction of sp³-hybridized carbons (Fsp3) is 0.571. The van der Waals surface area contributed by atoms with Gasteiger partial charge in [0.2, 0.25) is 29.5 Å². The van der Waals surface area contributed by atoms with E-state index in [1.165, 1.54) is 24.3 Å². The number of benzene rings is 2. The van der Waals surface area contributed by atoms with Crippen LogP contribution in [0.5, 0.6) is 0 Å². The standard InChI is InChI=1S/C42H65BN8O8/c1-4-5-11-30-15-17-31(18-16-30)32-19-21-33(22-20-32)39(54)46-26-23-37(52)49-35(13-7-9-25-45)42(57)51-27-10-14-36(51)41(56)47-28(2)38(53)50-34(12-6-8-24-44)40(55)48-29(3)43(58)59/h15-22,28-29,34-36,58-59H,4-14,23-27,44-45H2,1-3H3,(H,46,54)(H,47,56)(H,48,55)(H,49,52)(H,50,53)/t28-,29-,34-,35-,36-/m0/s1. The summed E-state index contributed by atoms with van der Waals surface area (Å²) in [5.74, 6) is -3.99. The molecule has 5 atom stereocenters. The number of nitrogens with zero attached hydrogens (tertiary/aromatic N) is 1. The molecule has 3 rings (SSSR count). The van der Waals surface area contributed by atoms with Crippen LogP contribution in [0.4, 0.5) is 0 Å². The van der Waals surface area contributed by atoms with E-state index in [1.54, 1.807) is 12.1 Å². The van der Waals surface area contributed by atoms with E-state index in [4.69, 9.17) is 11.5 Å². The van der Waals surface area contributed by atoms with Gasteiger partial charge in [-0.25, -0.2) is 0 Å². The highest BCUT2D eigenvalue weighted by molar-refractivity contribution is 6.43. The molecule has 11 N–H and O–H groups in total. The number of unbranched alkanes of at least 4 members (excludes halogenated alkanes) is 3. The van der Waals surface area contributed by atoms with Crippen LogP contribution in [0, 0.1) is 0 Å². The SMILES string of the molecule is CCCCc1ccc(-c2ccc(C(=O)NCCC(=O)N[C@@H](CCCCN)C(=O)N3CCC[C@H]3C(=O)N[C@@H](C)C(=O)N[C@@H](CCCCN)C(=O)N[C@@H](C)B(O)O)cc2)cc1. The van der Waals surface area contributed by atoms with Gasteiger partial charge in [-0.1, -0.05) is 49.7 Å². The third-order valence-corrected chi connectivity index (χ3v) is 10.5. The quantitative estimate of drug-likeness (QED) is 0.0508. The summed E-state index contributed by atoms with van der Waals surface area (Å²) < 4.78 is 0. The van der Waals surface area contributed by atoms with Crippen LogP contribution in [0.25, 0.3) is 11.1 Å². The van der Waals surface area contributed by atoms with Crippen LogP contribution in [0.1, 0.15) is 107 Å². The summed E-state index contributed by atoms with van der Waals surface area (Å²) in [6.07, 6.45) is 6.98. The summed E-state index contributed by atoms with van der Waals surface area (Å²) in [5.41, 5.74) is 15.1. The van der Waals surface area contributed by atoms with Gasteiger partial charge in [0, 0.05) is 25.1 Å². The van der Waals surface area contributed by atoms with E-state index in [0.29, 0.717) is 63.6 Å². The Labute approximate surface area is 348 Å². The number of rotatable bonds is 25. The summed E-state index contributed by atoms with van der Waals surface area (Å²) >= 11 is 0. The number of nitrogens with two attached hydrogens (primary N) is 2. The van der Waals surface area contributed by atoms with Crippen molar-refractivity contribution in [1.29, 1.82) is 0 Å². The zero-order valence-corrected chi connectivity index (χ0v) is 34.8. The molecule has 16 nitrogen and oxygen atoms in total. The molecular formula is C42H65BN8O8. The molecule has 0 aromatic heterocycles. The normalized spacial score (nSPS) is 15.6. The maximum absolute atomic E-state index is 13.9. The van der Waals surface area contributed by atoms with Crippen molar-refractivity contribution in [1.82, 2.24) is 31.5 Å². The minimum absolute atomic E-state index is 0.0436. The molecule has 2 aromatic carbocycles. The number of carbonyl (C=O) groups excluding carboxylic acids is 6. The molecule has 0 bridgehead atoms. The Morgan fingerprint density at radius 1 is 0.780 bits per heavy atom. The van der Waals surface area contributed by atoms with E-state index < -0.39 is 66.8 Å². The van der Waals surface area contributed by atoms with Gasteiger partial charge in [-0.05, 0) is 120 Å². The van der Waals surface area contributed by atoms with Crippen LogP contribution in [0.2, 0.25) is 0 Å². The second-order valence-corrected chi connectivity index (χ2v) is 15.3. The predicted octanol–water partition coefficient (Wildman–Crippen LogP) is 1.06. The molecule has 59 heavy (non-hydrogen) atoms. The Balaban J connectivity index is 1.56. The Hall–Kier alpha value is -4.84. The molecule has 17 heteroatoms. The number of nitrogens with one attached hydrogen (secondary N) is 5. The van der Waals surface area contributed by atoms with E-state index >= 15 is 0 Å². The average molecular weight is 821 g/mol. The molecule has 6 amide bonds. The van der Waals surface area contributed by atoms with Gasteiger partial charge in [0.15, 0.2) is 0 Å². The van der Waals surface area contributed by atoms with Crippen molar-refractivity contribution in [3.8, 4) is 11.1 Å². The van der Waals surface area contributed by atoms with Crippen LogP contribution >= 0.6 is 0 Å². The summed E-state index contributed by atoms with van der Waals surface area (Å²) in [5, 5.41) is 32.1. The molecule has 0 aliphatic carbocycles. The van der Waals surface area contributed by atoms with Crippen molar-refractivity contribution in [2.24, 2.45) is 11.5 Å². The lowest BCUT2D eigenvalue weighted by Gasteiger charge is -2.30. The first-order valence-corrected chi connectivity index (χ1v) is 21.0. The number of hydrogen-bond donors (Lipinski definition) is 9. The molecule has 0 saturated carbocycles. The molecule has 1 aliphatic heterocycles. The maximum atomic E-state index is 13.9. The number of aryl methyl sites for hydroxylation is 1. The van der Waals surface area contributed by atoms with Crippen molar-refractivity contribution in [2.45, 2.75) is 128 Å². The zero-order valence-electron chi connectivity index (χ0n) is 34.8. The molecule has 0 unspecified atom stereocenters. The highest BCUT2D eigenvalue weighted by Gasteiger charge is 2.38. The molecule has 1 heterocycles. The summed E-state index contributed by atoms with van der Waals surface area (Å²) in [6.45, 7) is 6.14. The second-order valence-electron chi connectivity index (χ2n) is 15.3. The predicted molar refractivity (Wildman–Crippen MR) is 227 cm³/mol. The van der Waals surface area contributed by atoms with Gasteiger partial charge in [-0.3, -0.25) is 28.8 Å². The molecule has 1 aliphatic rings. The van der Waals surface area contributed by atoms with Crippen molar-refractivity contribution in [3.63, 3.8) is 0 Å². The van der Waals surface area contributed by atoms with E-state index in [9.17, 15) is 38.8 Å². The van der Waals surface area contributed by atoms with Gasteiger partial charge in [-0.2, -0.15) is 0 Å². The Morgan fingerprint density at radius 2 is 1.39 bits per heavy atom. The molecule has 2 aromatic rings. The third kappa shape index (κ3) is 16.0. The topological polar surface area (TPSA) is 258 Å². The van der Waals surface area contributed by atoms with Gasteiger partial charge >= 0.3 is 7.12 Å². The third-order valence-electron chi connectivity index (χ3n) is 10.5. The molecule has 0 radical (unpaired) electrons.